The molecule has 0 unspecified atom stereocenters. The number of sulfonamides is 1. The van der Waals surface area contributed by atoms with Crippen molar-refractivity contribution < 1.29 is 13.2 Å². The van der Waals surface area contributed by atoms with Crippen LogP contribution in [0.25, 0.3) is 0 Å². The Morgan fingerprint density at radius 2 is 1.69 bits per heavy atom. The van der Waals surface area contributed by atoms with Crippen molar-refractivity contribution in [3.63, 3.8) is 0 Å². The van der Waals surface area contributed by atoms with Crippen LogP contribution >= 0.6 is 22.9 Å². The molecule has 1 N–H and O–H groups in total. The molecule has 0 bridgehead atoms. The maximum absolute atomic E-state index is 13.7. The summed E-state index contributed by atoms with van der Waals surface area (Å²) in [5.74, 6) is -0.470. The lowest BCUT2D eigenvalue weighted by atomic mass is 10.2. The molecule has 32 heavy (non-hydrogen) atoms. The van der Waals surface area contributed by atoms with Gasteiger partial charge in [-0.2, -0.15) is 0 Å². The number of rotatable bonds is 7. The molecule has 9 heteroatoms. The third-order valence-electron chi connectivity index (χ3n) is 4.63. The van der Waals surface area contributed by atoms with Crippen molar-refractivity contribution in [3.05, 3.63) is 107 Å². The Labute approximate surface area is 195 Å². The predicted molar refractivity (Wildman–Crippen MR) is 128 cm³/mol. The van der Waals surface area contributed by atoms with Gasteiger partial charge in [0.05, 0.1) is 17.3 Å². The van der Waals surface area contributed by atoms with E-state index in [4.69, 9.17) is 11.6 Å². The van der Waals surface area contributed by atoms with E-state index in [1.807, 2.05) is 36.4 Å². The topological polar surface area (TPSA) is 79.4 Å². The number of amides is 1. The minimum atomic E-state index is -4.09. The number of hydrogen-bond donors (Lipinski definition) is 1. The van der Waals surface area contributed by atoms with Crippen molar-refractivity contribution in [2.45, 2.75) is 11.4 Å². The number of aromatic nitrogens is 1. The number of anilines is 2. The third kappa shape index (κ3) is 4.83. The molecule has 0 fully saturated rings. The summed E-state index contributed by atoms with van der Waals surface area (Å²) in [5.41, 5.74) is 1.47. The summed E-state index contributed by atoms with van der Waals surface area (Å²) in [6.07, 6.45) is 1.57. The largest absolute Gasteiger partial charge is 0.298 e. The van der Waals surface area contributed by atoms with Gasteiger partial charge in [0.2, 0.25) is 0 Å². The van der Waals surface area contributed by atoms with E-state index in [0.29, 0.717) is 10.8 Å². The number of carbonyl (C=O) groups is 1. The van der Waals surface area contributed by atoms with Gasteiger partial charge in [0.1, 0.15) is 4.90 Å². The van der Waals surface area contributed by atoms with Crippen LogP contribution in [-0.4, -0.2) is 19.3 Å². The van der Waals surface area contributed by atoms with Crippen molar-refractivity contribution in [1.82, 2.24) is 4.98 Å². The molecule has 3 aromatic carbocycles. The summed E-state index contributed by atoms with van der Waals surface area (Å²) in [6.45, 7) is 0.110. The molecule has 1 aromatic heterocycles. The first-order valence-corrected chi connectivity index (χ1v) is 12.3. The molecule has 0 aliphatic rings. The van der Waals surface area contributed by atoms with Crippen LogP contribution in [0, 0.1) is 0 Å². The second-order valence-electron chi connectivity index (χ2n) is 6.77. The zero-order chi connectivity index (χ0) is 22.6. The third-order valence-corrected chi connectivity index (χ3v) is 7.57. The SMILES string of the molecule is O=C(Nc1nccs1)c1ccc(Cl)c(S(=O)(=O)N(Cc2ccccc2)c2ccccc2)c1. The van der Waals surface area contributed by atoms with E-state index in [9.17, 15) is 13.2 Å². The summed E-state index contributed by atoms with van der Waals surface area (Å²) in [5, 5.41) is 4.84. The molecule has 6 nitrogen and oxygen atoms in total. The first kappa shape index (κ1) is 22.0. The van der Waals surface area contributed by atoms with Crippen LogP contribution in [0.1, 0.15) is 15.9 Å². The smallest absolute Gasteiger partial charge is 0.266 e. The summed E-state index contributed by atoms with van der Waals surface area (Å²) in [6, 6.07) is 22.2. The number of halogens is 1. The van der Waals surface area contributed by atoms with Gasteiger partial charge >= 0.3 is 0 Å². The lowest BCUT2D eigenvalue weighted by Crippen LogP contribution is -2.31. The molecule has 0 atom stereocenters. The first-order valence-electron chi connectivity index (χ1n) is 9.57. The van der Waals surface area contributed by atoms with E-state index in [1.54, 1.807) is 35.8 Å². The molecule has 0 radical (unpaired) electrons. The number of nitrogens with one attached hydrogen (secondary N) is 1. The van der Waals surface area contributed by atoms with Gasteiger partial charge in [-0.25, -0.2) is 13.4 Å². The molecule has 0 aliphatic heterocycles. The zero-order valence-electron chi connectivity index (χ0n) is 16.7. The van der Waals surface area contributed by atoms with Crippen molar-refractivity contribution >= 4 is 49.7 Å². The second-order valence-corrected chi connectivity index (χ2v) is 9.90. The average molecular weight is 484 g/mol. The Kier molecular flexibility index (Phi) is 6.55. The summed E-state index contributed by atoms with van der Waals surface area (Å²) in [4.78, 5) is 16.5. The van der Waals surface area contributed by atoms with E-state index >= 15 is 0 Å². The lowest BCUT2D eigenvalue weighted by molar-refractivity contribution is 0.102. The van der Waals surface area contributed by atoms with Gasteiger partial charge in [-0.05, 0) is 35.9 Å². The highest BCUT2D eigenvalue weighted by molar-refractivity contribution is 7.93. The van der Waals surface area contributed by atoms with Crippen molar-refractivity contribution in [2.75, 3.05) is 9.62 Å². The number of hydrogen-bond acceptors (Lipinski definition) is 5. The molecule has 0 saturated heterocycles. The normalized spacial score (nSPS) is 11.2. The number of benzene rings is 3. The standard InChI is InChI=1S/C23H18ClN3O3S2/c24-20-12-11-18(22(28)26-23-25-13-14-31-23)15-21(20)32(29,30)27(19-9-5-2-6-10-19)16-17-7-3-1-4-8-17/h1-15H,16H2,(H,25,26,28). The highest BCUT2D eigenvalue weighted by atomic mass is 35.5. The van der Waals surface area contributed by atoms with Gasteiger partial charge in [0.25, 0.3) is 15.9 Å². The number of carbonyl (C=O) groups excluding carboxylic acids is 1. The quantitative estimate of drug-likeness (QED) is 0.379. The van der Waals surface area contributed by atoms with E-state index in [0.717, 1.165) is 5.56 Å². The monoisotopic (exact) mass is 483 g/mol. The molecule has 0 aliphatic carbocycles. The number of para-hydroxylation sites is 1. The van der Waals surface area contributed by atoms with Gasteiger partial charge in [0, 0.05) is 17.1 Å². The molecule has 1 heterocycles. The Hall–Kier alpha value is -3.20. The predicted octanol–water partition coefficient (Wildman–Crippen LogP) is 5.44. The number of thiazole rings is 1. The van der Waals surface area contributed by atoms with Crippen LogP contribution in [0.2, 0.25) is 5.02 Å². The summed E-state index contributed by atoms with van der Waals surface area (Å²) < 4.78 is 28.8. The van der Waals surface area contributed by atoms with Crippen LogP contribution in [0.15, 0.2) is 95.3 Å². The maximum Gasteiger partial charge on any atom is 0.266 e. The van der Waals surface area contributed by atoms with Gasteiger partial charge in [-0.3, -0.25) is 14.4 Å². The fourth-order valence-corrected chi connectivity index (χ4v) is 5.55. The fourth-order valence-electron chi connectivity index (χ4n) is 3.07. The van der Waals surface area contributed by atoms with Gasteiger partial charge in [0.15, 0.2) is 5.13 Å². The van der Waals surface area contributed by atoms with Crippen LogP contribution in [0.5, 0.6) is 0 Å². The zero-order valence-corrected chi connectivity index (χ0v) is 19.1. The molecule has 162 valence electrons. The number of nitrogens with zero attached hydrogens (tertiary/aromatic N) is 2. The fraction of sp³-hybridized carbons (Fsp3) is 0.0435. The molecule has 0 saturated carbocycles. The highest BCUT2D eigenvalue weighted by Gasteiger charge is 2.28. The minimum absolute atomic E-state index is 0.0322. The Balaban J connectivity index is 1.74. The summed E-state index contributed by atoms with van der Waals surface area (Å²) in [7, 11) is -4.09. The van der Waals surface area contributed by atoms with E-state index < -0.39 is 15.9 Å². The van der Waals surface area contributed by atoms with Crippen LogP contribution in [0.3, 0.4) is 0 Å². The Morgan fingerprint density at radius 3 is 2.34 bits per heavy atom. The lowest BCUT2D eigenvalue weighted by Gasteiger charge is -2.25. The second kappa shape index (κ2) is 9.52. The van der Waals surface area contributed by atoms with Crippen LogP contribution in [0.4, 0.5) is 10.8 Å². The summed E-state index contributed by atoms with van der Waals surface area (Å²) >= 11 is 7.58. The van der Waals surface area contributed by atoms with E-state index in [-0.39, 0.29) is 22.0 Å². The highest BCUT2D eigenvalue weighted by Crippen LogP contribution is 2.31. The van der Waals surface area contributed by atoms with E-state index in [2.05, 4.69) is 10.3 Å². The van der Waals surface area contributed by atoms with Crippen molar-refractivity contribution in [2.24, 2.45) is 0 Å². The van der Waals surface area contributed by atoms with Gasteiger partial charge < -0.3 is 0 Å². The Bertz CT molecular complexity index is 1310. The molecule has 4 aromatic rings. The van der Waals surface area contributed by atoms with Gasteiger partial charge in [-0.1, -0.05) is 60.1 Å². The van der Waals surface area contributed by atoms with Crippen molar-refractivity contribution in [3.8, 4) is 0 Å². The maximum atomic E-state index is 13.7. The molecule has 0 spiro atoms. The van der Waals surface area contributed by atoms with Crippen molar-refractivity contribution in [1.29, 1.82) is 0 Å². The first-order chi connectivity index (χ1) is 15.4. The minimum Gasteiger partial charge on any atom is -0.298 e. The molecular weight excluding hydrogens is 466 g/mol. The molecule has 4 rings (SSSR count). The van der Waals surface area contributed by atoms with E-state index in [1.165, 1.54) is 33.8 Å². The average Bonchev–Trinajstić information content (AvgIpc) is 3.32. The molecule has 1 amide bonds. The Morgan fingerprint density at radius 1 is 1.00 bits per heavy atom. The van der Waals surface area contributed by atoms with Crippen LogP contribution < -0.4 is 9.62 Å². The van der Waals surface area contributed by atoms with Gasteiger partial charge in [-0.15, -0.1) is 11.3 Å². The molecular formula is C23H18ClN3O3S2. The van der Waals surface area contributed by atoms with Crippen LogP contribution in [-0.2, 0) is 16.6 Å².